The van der Waals surface area contributed by atoms with Gasteiger partial charge in [-0.1, -0.05) is 30.3 Å². The third-order valence-corrected chi connectivity index (χ3v) is 3.41. The molecule has 0 saturated heterocycles. The number of nitrogens with one attached hydrogen (secondary N) is 1. The molecule has 2 N–H and O–H groups in total. The molecular weight excluding hydrogens is 240 g/mol. The highest BCUT2D eigenvalue weighted by molar-refractivity contribution is 5.78. The van der Waals surface area contributed by atoms with Gasteiger partial charge in [-0.3, -0.25) is 9.69 Å². The Balaban J connectivity index is 1.65. The number of aliphatic hydroxyl groups excluding tert-OH is 1. The van der Waals surface area contributed by atoms with Gasteiger partial charge in [-0.2, -0.15) is 0 Å². The Morgan fingerprint density at radius 1 is 1.42 bits per heavy atom. The predicted octanol–water partition coefficient (Wildman–Crippen LogP) is 0.800. The van der Waals surface area contributed by atoms with Crippen LogP contribution in [0.5, 0.6) is 0 Å². The molecule has 2 rings (SSSR count). The summed E-state index contributed by atoms with van der Waals surface area (Å²) in [5.41, 5.74) is 1.08. The maximum absolute atomic E-state index is 11.7. The van der Waals surface area contributed by atoms with E-state index in [1.165, 1.54) is 12.8 Å². The van der Waals surface area contributed by atoms with Crippen molar-refractivity contribution >= 4 is 5.91 Å². The van der Waals surface area contributed by atoms with Crippen molar-refractivity contribution in [2.75, 3.05) is 20.1 Å². The number of amides is 1. The molecule has 4 heteroatoms. The van der Waals surface area contributed by atoms with E-state index in [-0.39, 0.29) is 5.91 Å². The number of nitrogens with zero attached hydrogens (tertiary/aromatic N) is 1. The van der Waals surface area contributed by atoms with Crippen molar-refractivity contribution in [1.82, 2.24) is 10.2 Å². The number of likely N-dealkylation sites (N-methyl/N-ethyl adjacent to an activating group) is 1. The summed E-state index contributed by atoms with van der Waals surface area (Å²) in [5.74, 6) is -0.0125. The van der Waals surface area contributed by atoms with Crippen LogP contribution in [-0.2, 0) is 11.2 Å². The molecule has 104 valence electrons. The number of benzene rings is 1. The summed E-state index contributed by atoms with van der Waals surface area (Å²) in [7, 11) is 1.97. The summed E-state index contributed by atoms with van der Waals surface area (Å²) in [6.07, 6.45) is 2.43. The van der Waals surface area contributed by atoms with Crippen LogP contribution >= 0.6 is 0 Å². The third-order valence-electron chi connectivity index (χ3n) is 3.41. The van der Waals surface area contributed by atoms with E-state index in [1.54, 1.807) is 0 Å². The van der Waals surface area contributed by atoms with Crippen LogP contribution in [0.15, 0.2) is 30.3 Å². The molecule has 1 aromatic rings. The topological polar surface area (TPSA) is 52.6 Å². The number of carbonyl (C=O) groups excluding carboxylic acids is 1. The molecule has 1 fully saturated rings. The van der Waals surface area contributed by atoms with Gasteiger partial charge in [0.1, 0.15) is 0 Å². The standard InChI is InChI=1S/C15H22N2O2/c1-17(13-7-8-13)11-15(19)16-10-14(18)9-12-5-3-2-4-6-12/h2-6,13-14,18H,7-11H2,1H3,(H,16,19). The Labute approximate surface area is 114 Å². The van der Waals surface area contributed by atoms with Crippen molar-refractivity contribution in [3.63, 3.8) is 0 Å². The predicted molar refractivity (Wildman–Crippen MR) is 74.8 cm³/mol. The summed E-state index contributed by atoms with van der Waals surface area (Å²) >= 11 is 0. The van der Waals surface area contributed by atoms with Crippen molar-refractivity contribution in [2.45, 2.75) is 31.4 Å². The van der Waals surface area contributed by atoms with Crippen molar-refractivity contribution in [1.29, 1.82) is 0 Å². The summed E-state index contributed by atoms with van der Waals surface area (Å²) in [6, 6.07) is 10.4. The molecule has 0 aliphatic heterocycles. The highest BCUT2D eigenvalue weighted by atomic mass is 16.3. The fraction of sp³-hybridized carbons (Fsp3) is 0.533. The minimum atomic E-state index is -0.530. The van der Waals surface area contributed by atoms with Gasteiger partial charge in [0.15, 0.2) is 0 Å². The molecule has 4 nitrogen and oxygen atoms in total. The van der Waals surface area contributed by atoms with Gasteiger partial charge in [0.2, 0.25) is 5.91 Å². The molecular formula is C15H22N2O2. The molecule has 0 spiro atoms. The molecule has 1 saturated carbocycles. The van der Waals surface area contributed by atoms with Crippen molar-refractivity contribution in [2.24, 2.45) is 0 Å². The Morgan fingerprint density at radius 3 is 2.74 bits per heavy atom. The molecule has 1 amide bonds. The zero-order valence-corrected chi connectivity index (χ0v) is 11.4. The smallest absolute Gasteiger partial charge is 0.234 e. The molecule has 0 aromatic heterocycles. The lowest BCUT2D eigenvalue weighted by atomic mass is 10.1. The van der Waals surface area contributed by atoms with E-state index in [0.717, 1.165) is 5.56 Å². The number of carbonyl (C=O) groups is 1. The lowest BCUT2D eigenvalue weighted by Gasteiger charge is -2.16. The van der Waals surface area contributed by atoms with E-state index in [0.29, 0.717) is 25.6 Å². The van der Waals surface area contributed by atoms with Gasteiger partial charge in [-0.05, 0) is 25.5 Å². The Kier molecular flexibility index (Phi) is 4.93. The lowest BCUT2D eigenvalue weighted by molar-refractivity contribution is -0.122. The fourth-order valence-corrected chi connectivity index (χ4v) is 2.12. The average molecular weight is 262 g/mol. The first-order valence-electron chi connectivity index (χ1n) is 6.84. The first kappa shape index (κ1) is 14.0. The zero-order valence-electron chi connectivity index (χ0n) is 11.4. The van der Waals surface area contributed by atoms with E-state index in [9.17, 15) is 9.90 Å². The van der Waals surface area contributed by atoms with E-state index in [2.05, 4.69) is 10.2 Å². The minimum Gasteiger partial charge on any atom is -0.391 e. The largest absolute Gasteiger partial charge is 0.391 e. The maximum atomic E-state index is 11.7. The molecule has 19 heavy (non-hydrogen) atoms. The van der Waals surface area contributed by atoms with Crippen molar-refractivity contribution in [3.8, 4) is 0 Å². The average Bonchev–Trinajstić information content (AvgIpc) is 3.22. The second-order valence-electron chi connectivity index (χ2n) is 5.29. The van der Waals surface area contributed by atoms with Crippen LogP contribution in [0.2, 0.25) is 0 Å². The first-order valence-corrected chi connectivity index (χ1v) is 6.84. The minimum absolute atomic E-state index is 0.0125. The molecule has 1 aliphatic carbocycles. The van der Waals surface area contributed by atoms with Gasteiger partial charge in [0.05, 0.1) is 12.6 Å². The zero-order chi connectivity index (χ0) is 13.7. The molecule has 1 aliphatic rings. The highest BCUT2D eigenvalue weighted by Crippen LogP contribution is 2.24. The van der Waals surface area contributed by atoms with Crippen LogP contribution in [0.1, 0.15) is 18.4 Å². The summed E-state index contributed by atoms with van der Waals surface area (Å²) in [4.78, 5) is 13.7. The quantitative estimate of drug-likeness (QED) is 0.764. The van der Waals surface area contributed by atoms with Gasteiger partial charge < -0.3 is 10.4 Å². The SMILES string of the molecule is CN(CC(=O)NCC(O)Cc1ccccc1)C1CC1. The monoisotopic (exact) mass is 262 g/mol. The number of aliphatic hydroxyl groups is 1. The van der Waals surface area contributed by atoms with Crippen LogP contribution < -0.4 is 5.32 Å². The van der Waals surface area contributed by atoms with E-state index < -0.39 is 6.10 Å². The molecule has 0 radical (unpaired) electrons. The summed E-state index contributed by atoms with van der Waals surface area (Å²) in [6.45, 7) is 0.731. The van der Waals surface area contributed by atoms with Crippen LogP contribution in [0.25, 0.3) is 0 Å². The molecule has 0 bridgehead atoms. The molecule has 0 heterocycles. The second-order valence-corrected chi connectivity index (χ2v) is 5.29. The Morgan fingerprint density at radius 2 is 2.11 bits per heavy atom. The van der Waals surface area contributed by atoms with E-state index >= 15 is 0 Å². The van der Waals surface area contributed by atoms with Gasteiger partial charge in [-0.15, -0.1) is 0 Å². The van der Waals surface area contributed by atoms with Crippen molar-refractivity contribution < 1.29 is 9.90 Å². The van der Waals surface area contributed by atoms with E-state index in [4.69, 9.17) is 0 Å². The van der Waals surface area contributed by atoms with Crippen LogP contribution in [0.3, 0.4) is 0 Å². The highest BCUT2D eigenvalue weighted by Gasteiger charge is 2.27. The summed E-state index contributed by atoms with van der Waals surface area (Å²) in [5, 5.41) is 12.7. The van der Waals surface area contributed by atoms with Gasteiger partial charge in [-0.25, -0.2) is 0 Å². The van der Waals surface area contributed by atoms with E-state index in [1.807, 2.05) is 37.4 Å². The van der Waals surface area contributed by atoms with Gasteiger partial charge >= 0.3 is 0 Å². The number of rotatable bonds is 7. The first-order chi connectivity index (χ1) is 9.15. The fourth-order valence-electron chi connectivity index (χ4n) is 2.12. The lowest BCUT2D eigenvalue weighted by Crippen LogP contribution is -2.40. The number of hydrogen-bond donors (Lipinski definition) is 2. The van der Waals surface area contributed by atoms with Crippen LogP contribution in [0.4, 0.5) is 0 Å². The van der Waals surface area contributed by atoms with Crippen LogP contribution in [0, 0.1) is 0 Å². The van der Waals surface area contributed by atoms with Gasteiger partial charge in [0, 0.05) is 19.0 Å². The third kappa shape index (κ3) is 5.01. The Hall–Kier alpha value is -1.39. The number of hydrogen-bond acceptors (Lipinski definition) is 3. The van der Waals surface area contributed by atoms with Crippen LogP contribution in [-0.4, -0.2) is 48.2 Å². The van der Waals surface area contributed by atoms with Gasteiger partial charge in [0.25, 0.3) is 0 Å². The second kappa shape index (κ2) is 6.68. The molecule has 1 unspecified atom stereocenters. The molecule has 1 aromatic carbocycles. The maximum Gasteiger partial charge on any atom is 0.234 e. The molecule has 1 atom stereocenters. The Bertz CT molecular complexity index is 404. The van der Waals surface area contributed by atoms with Crippen molar-refractivity contribution in [3.05, 3.63) is 35.9 Å². The normalized spacial score (nSPS) is 16.4. The summed E-state index contributed by atoms with van der Waals surface area (Å²) < 4.78 is 0.